The van der Waals surface area contributed by atoms with Crippen molar-refractivity contribution >= 4 is 23.4 Å². The minimum absolute atomic E-state index is 0.131. The van der Waals surface area contributed by atoms with Gasteiger partial charge in [0.25, 0.3) is 5.91 Å². The number of rotatable bonds is 4. The Morgan fingerprint density at radius 3 is 2.95 bits per heavy atom. The van der Waals surface area contributed by atoms with Gasteiger partial charge in [-0.1, -0.05) is 6.07 Å². The van der Waals surface area contributed by atoms with E-state index in [-0.39, 0.29) is 5.91 Å². The second-order valence-corrected chi connectivity index (χ2v) is 6.26. The molecule has 1 saturated heterocycles. The molecule has 1 unspecified atom stereocenters. The van der Waals surface area contributed by atoms with Gasteiger partial charge in [-0.05, 0) is 30.4 Å². The molecule has 1 aliphatic heterocycles. The van der Waals surface area contributed by atoms with Crippen LogP contribution in [-0.2, 0) is 0 Å². The zero-order valence-corrected chi connectivity index (χ0v) is 12.2. The van der Waals surface area contributed by atoms with E-state index in [2.05, 4.69) is 5.32 Å². The minimum Gasteiger partial charge on any atom is -0.387 e. The summed E-state index contributed by atoms with van der Waals surface area (Å²) in [5.74, 6) is 1.53. The number of aliphatic hydroxyl groups is 1. The van der Waals surface area contributed by atoms with Crippen molar-refractivity contribution in [2.24, 2.45) is 0 Å². The number of nitrogens with one attached hydrogen (secondary N) is 1. The summed E-state index contributed by atoms with van der Waals surface area (Å²) in [6.45, 7) is 0.324. The number of hydrogen-bond donors (Lipinski definition) is 2. The highest BCUT2D eigenvalue weighted by Crippen LogP contribution is 2.27. The maximum absolute atomic E-state index is 12.1. The fraction of sp³-hybridized carbons (Fsp3) is 0.500. The summed E-state index contributed by atoms with van der Waals surface area (Å²) >= 11 is 1.73. The zero-order valence-electron chi connectivity index (χ0n) is 11.3. The lowest BCUT2D eigenvalue weighted by Crippen LogP contribution is -2.42. The van der Waals surface area contributed by atoms with E-state index >= 15 is 0 Å². The molecule has 0 aromatic heterocycles. The molecule has 2 N–H and O–H groups in total. The van der Waals surface area contributed by atoms with Crippen LogP contribution in [0.15, 0.2) is 24.3 Å². The van der Waals surface area contributed by atoms with Gasteiger partial charge in [0.05, 0.1) is 5.60 Å². The monoisotopic (exact) mass is 280 g/mol. The number of nitrogens with zero attached hydrogens (tertiary/aromatic N) is 1. The number of carbonyl (C=O) groups is 1. The number of anilines is 1. The topological polar surface area (TPSA) is 52.6 Å². The molecule has 1 aromatic carbocycles. The number of carbonyl (C=O) groups excluding carboxylic acids is 1. The van der Waals surface area contributed by atoms with Crippen LogP contribution in [0, 0.1) is 0 Å². The van der Waals surface area contributed by atoms with Gasteiger partial charge >= 0.3 is 0 Å². The summed E-state index contributed by atoms with van der Waals surface area (Å²) < 4.78 is 0. The van der Waals surface area contributed by atoms with E-state index in [9.17, 15) is 9.90 Å². The summed E-state index contributed by atoms with van der Waals surface area (Å²) in [5.41, 5.74) is 0.877. The van der Waals surface area contributed by atoms with Crippen molar-refractivity contribution in [3.63, 3.8) is 0 Å². The Labute approximate surface area is 118 Å². The number of thioether (sulfide) groups is 1. The summed E-state index contributed by atoms with van der Waals surface area (Å²) in [5, 5.41) is 13.0. The van der Waals surface area contributed by atoms with Gasteiger partial charge in [-0.15, -0.1) is 0 Å². The predicted octanol–water partition coefficient (Wildman–Crippen LogP) is 1.35. The first-order valence-electron chi connectivity index (χ1n) is 6.36. The molecule has 1 heterocycles. The van der Waals surface area contributed by atoms with Gasteiger partial charge in [-0.25, -0.2) is 0 Å². The second-order valence-electron chi connectivity index (χ2n) is 5.15. The lowest BCUT2D eigenvalue weighted by atomic mass is 10.0. The molecule has 0 bridgehead atoms. The number of benzene rings is 1. The normalized spacial score (nSPS) is 22.3. The van der Waals surface area contributed by atoms with E-state index in [4.69, 9.17) is 0 Å². The Kier molecular flexibility index (Phi) is 4.37. The van der Waals surface area contributed by atoms with Crippen LogP contribution in [0.25, 0.3) is 0 Å². The average molecular weight is 280 g/mol. The fourth-order valence-electron chi connectivity index (χ4n) is 2.01. The Bertz CT molecular complexity index is 457. The standard InChI is InChI=1S/C14H20N2O2S/c1-16(2)12-5-3-4-11(8-12)13(17)15-9-14(18)6-7-19-10-14/h3-5,8,18H,6-7,9-10H2,1-2H3,(H,15,17). The second kappa shape index (κ2) is 5.84. The summed E-state index contributed by atoms with van der Waals surface area (Å²) in [4.78, 5) is 14.0. The molecule has 1 amide bonds. The van der Waals surface area contributed by atoms with Crippen LogP contribution >= 0.6 is 11.8 Å². The smallest absolute Gasteiger partial charge is 0.251 e. The number of amides is 1. The van der Waals surface area contributed by atoms with E-state index < -0.39 is 5.60 Å². The fourth-order valence-corrected chi connectivity index (χ4v) is 3.30. The molecule has 0 aliphatic carbocycles. The Morgan fingerprint density at radius 2 is 2.32 bits per heavy atom. The van der Waals surface area contributed by atoms with E-state index in [1.54, 1.807) is 17.8 Å². The first-order valence-corrected chi connectivity index (χ1v) is 7.51. The minimum atomic E-state index is -0.737. The molecule has 2 rings (SSSR count). The van der Waals surface area contributed by atoms with Crippen LogP contribution in [0.4, 0.5) is 5.69 Å². The third kappa shape index (κ3) is 3.64. The van der Waals surface area contributed by atoms with Crippen molar-refractivity contribution in [1.82, 2.24) is 5.32 Å². The van der Waals surface area contributed by atoms with Gasteiger partial charge in [-0.2, -0.15) is 11.8 Å². The largest absolute Gasteiger partial charge is 0.387 e. The van der Waals surface area contributed by atoms with Gasteiger partial charge in [0, 0.05) is 37.6 Å². The molecule has 5 heteroatoms. The van der Waals surface area contributed by atoms with Gasteiger partial charge in [0.2, 0.25) is 0 Å². The molecule has 1 fully saturated rings. The van der Waals surface area contributed by atoms with Crippen molar-refractivity contribution in [3.05, 3.63) is 29.8 Å². The van der Waals surface area contributed by atoms with Crippen LogP contribution in [0.2, 0.25) is 0 Å². The summed E-state index contributed by atoms with van der Waals surface area (Å²) in [6.07, 6.45) is 0.746. The van der Waals surface area contributed by atoms with Crippen molar-refractivity contribution < 1.29 is 9.90 Å². The Morgan fingerprint density at radius 1 is 1.53 bits per heavy atom. The Balaban J connectivity index is 1.98. The van der Waals surface area contributed by atoms with Crippen LogP contribution in [0.3, 0.4) is 0 Å². The van der Waals surface area contributed by atoms with E-state index in [1.165, 1.54) is 0 Å². The maximum atomic E-state index is 12.1. The third-order valence-corrected chi connectivity index (χ3v) is 4.52. The highest BCUT2D eigenvalue weighted by atomic mass is 32.2. The van der Waals surface area contributed by atoms with E-state index in [1.807, 2.05) is 37.2 Å². The third-order valence-electron chi connectivity index (χ3n) is 3.29. The highest BCUT2D eigenvalue weighted by molar-refractivity contribution is 7.99. The van der Waals surface area contributed by atoms with Gasteiger partial charge < -0.3 is 15.3 Å². The van der Waals surface area contributed by atoms with Gasteiger partial charge in [0.15, 0.2) is 0 Å². The quantitative estimate of drug-likeness (QED) is 0.874. The average Bonchev–Trinajstić information content (AvgIpc) is 2.83. The van der Waals surface area contributed by atoms with Crippen LogP contribution in [0.5, 0.6) is 0 Å². The molecule has 1 atom stereocenters. The van der Waals surface area contributed by atoms with Crippen molar-refractivity contribution in [3.8, 4) is 0 Å². The molecular formula is C14H20N2O2S. The molecule has 19 heavy (non-hydrogen) atoms. The molecule has 0 radical (unpaired) electrons. The first kappa shape index (κ1) is 14.2. The van der Waals surface area contributed by atoms with E-state index in [0.717, 1.165) is 17.9 Å². The SMILES string of the molecule is CN(C)c1cccc(C(=O)NCC2(O)CCSC2)c1. The predicted molar refractivity (Wildman–Crippen MR) is 80.0 cm³/mol. The lowest BCUT2D eigenvalue weighted by Gasteiger charge is -2.21. The molecule has 1 aliphatic rings. The number of hydrogen-bond acceptors (Lipinski definition) is 4. The highest BCUT2D eigenvalue weighted by Gasteiger charge is 2.32. The summed E-state index contributed by atoms with van der Waals surface area (Å²) in [6, 6.07) is 7.46. The molecule has 0 saturated carbocycles. The molecule has 1 aromatic rings. The summed E-state index contributed by atoms with van der Waals surface area (Å²) in [7, 11) is 3.88. The van der Waals surface area contributed by atoms with Crippen molar-refractivity contribution in [1.29, 1.82) is 0 Å². The molecule has 4 nitrogen and oxygen atoms in total. The molecule has 0 spiro atoms. The maximum Gasteiger partial charge on any atom is 0.251 e. The Hall–Kier alpha value is -1.20. The first-order chi connectivity index (χ1) is 9.00. The zero-order chi connectivity index (χ0) is 13.9. The van der Waals surface area contributed by atoms with Crippen molar-refractivity contribution in [2.45, 2.75) is 12.0 Å². The van der Waals surface area contributed by atoms with Gasteiger partial charge in [0.1, 0.15) is 0 Å². The van der Waals surface area contributed by atoms with Gasteiger partial charge in [-0.3, -0.25) is 4.79 Å². The van der Waals surface area contributed by atoms with Crippen molar-refractivity contribution in [2.75, 3.05) is 37.0 Å². The van der Waals surface area contributed by atoms with Crippen LogP contribution < -0.4 is 10.2 Å². The van der Waals surface area contributed by atoms with Crippen LogP contribution in [-0.4, -0.2) is 48.8 Å². The van der Waals surface area contributed by atoms with Crippen LogP contribution in [0.1, 0.15) is 16.8 Å². The lowest BCUT2D eigenvalue weighted by molar-refractivity contribution is 0.0612. The molecule has 104 valence electrons. The molecular weight excluding hydrogens is 260 g/mol. The van der Waals surface area contributed by atoms with E-state index in [0.29, 0.717) is 17.9 Å².